The highest BCUT2D eigenvalue weighted by Gasteiger charge is 2.30. The van der Waals surface area contributed by atoms with Crippen molar-refractivity contribution in [2.24, 2.45) is 5.92 Å². The van der Waals surface area contributed by atoms with E-state index in [0.29, 0.717) is 13.1 Å². The van der Waals surface area contributed by atoms with E-state index in [2.05, 4.69) is 4.98 Å². The number of fused-ring (bicyclic) bond motifs is 3. The Bertz CT molecular complexity index is 945. The average molecular weight is 391 g/mol. The fourth-order valence-electron chi connectivity index (χ4n) is 3.63. The van der Waals surface area contributed by atoms with Crippen molar-refractivity contribution in [1.82, 2.24) is 19.2 Å². The van der Waals surface area contributed by atoms with Crippen LogP contribution in [0, 0.1) is 5.92 Å². The standard InChI is InChI=1S/C18H22N4O2S2/c1-3-20(4-2)16(23)12-5-7-21(8-6-12)17(24)14-11-13-15(26-14)19-18-22(13)9-10-25-18/h9-12H,3-8H2,1-2H3. The first-order valence-corrected chi connectivity index (χ1v) is 10.7. The number of carbonyl (C=O) groups excluding carboxylic acids is 2. The van der Waals surface area contributed by atoms with Crippen LogP contribution in [0.3, 0.4) is 0 Å². The van der Waals surface area contributed by atoms with Gasteiger partial charge in [-0.2, -0.15) is 0 Å². The van der Waals surface area contributed by atoms with Gasteiger partial charge in [0.05, 0.1) is 10.4 Å². The summed E-state index contributed by atoms with van der Waals surface area (Å²) in [5, 5.41) is 2.00. The Morgan fingerprint density at radius 2 is 2.00 bits per heavy atom. The van der Waals surface area contributed by atoms with Gasteiger partial charge >= 0.3 is 0 Å². The zero-order valence-corrected chi connectivity index (χ0v) is 16.6. The van der Waals surface area contributed by atoms with Crippen LogP contribution in [0.1, 0.15) is 36.4 Å². The molecule has 8 heteroatoms. The maximum absolute atomic E-state index is 12.9. The number of rotatable bonds is 4. The molecule has 1 fully saturated rings. The molecule has 0 radical (unpaired) electrons. The van der Waals surface area contributed by atoms with Gasteiger partial charge in [0, 0.05) is 43.7 Å². The maximum atomic E-state index is 12.9. The lowest BCUT2D eigenvalue weighted by atomic mass is 9.95. The molecule has 26 heavy (non-hydrogen) atoms. The molecular formula is C18H22N4O2S2. The van der Waals surface area contributed by atoms with E-state index in [0.717, 1.165) is 46.1 Å². The number of thiophene rings is 1. The molecule has 0 N–H and O–H groups in total. The molecule has 0 bridgehead atoms. The third-order valence-electron chi connectivity index (χ3n) is 5.16. The van der Waals surface area contributed by atoms with Crippen molar-refractivity contribution in [1.29, 1.82) is 0 Å². The average Bonchev–Trinajstić information content (AvgIpc) is 3.34. The summed E-state index contributed by atoms with van der Waals surface area (Å²) in [5.74, 6) is 0.342. The lowest BCUT2D eigenvalue weighted by Crippen LogP contribution is -2.44. The SMILES string of the molecule is CCN(CC)C(=O)C1CCN(C(=O)c2cc3c(nc4sccn43)s2)CC1. The second kappa shape index (κ2) is 7.00. The van der Waals surface area contributed by atoms with Gasteiger partial charge in [-0.05, 0) is 32.8 Å². The van der Waals surface area contributed by atoms with Crippen LogP contribution in [0.15, 0.2) is 17.6 Å². The second-order valence-electron chi connectivity index (χ2n) is 6.55. The van der Waals surface area contributed by atoms with Gasteiger partial charge < -0.3 is 9.80 Å². The van der Waals surface area contributed by atoms with Crippen molar-refractivity contribution in [2.45, 2.75) is 26.7 Å². The van der Waals surface area contributed by atoms with Crippen LogP contribution in [-0.4, -0.2) is 57.2 Å². The van der Waals surface area contributed by atoms with E-state index >= 15 is 0 Å². The molecule has 1 aliphatic rings. The first kappa shape index (κ1) is 17.5. The first-order valence-electron chi connectivity index (χ1n) is 9.05. The summed E-state index contributed by atoms with van der Waals surface area (Å²) in [4.78, 5) is 36.3. The van der Waals surface area contributed by atoms with Crippen LogP contribution in [0.2, 0.25) is 0 Å². The van der Waals surface area contributed by atoms with Crippen LogP contribution in [0.5, 0.6) is 0 Å². The smallest absolute Gasteiger partial charge is 0.264 e. The molecule has 0 aromatic carbocycles. The zero-order valence-electron chi connectivity index (χ0n) is 15.0. The molecule has 138 valence electrons. The molecule has 0 atom stereocenters. The Balaban J connectivity index is 1.45. The highest BCUT2D eigenvalue weighted by atomic mass is 32.1. The Hall–Kier alpha value is -1.93. The predicted octanol–water partition coefficient (Wildman–Crippen LogP) is 3.33. The molecule has 1 aliphatic heterocycles. The number of nitrogens with zero attached hydrogens (tertiary/aromatic N) is 4. The topological polar surface area (TPSA) is 57.9 Å². The normalized spacial score (nSPS) is 15.8. The van der Waals surface area contributed by atoms with Crippen LogP contribution in [0.25, 0.3) is 15.3 Å². The molecule has 3 aromatic heterocycles. The molecule has 0 spiro atoms. The van der Waals surface area contributed by atoms with Crippen LogP contribution >= 0.6 is 22.7 Å². The van der Waals surface area contributed by atoms with Gasteiger partial charge in [0.25, 0.3) is 5.91 Å². The molecule has 2 amide bonds. The fourth-order valence-corrected chi connectivity index (χ4v) is 5.40. The number of hydrogen-bond donors (Lipinski definition) is 0. The van der Waals surface area contributed by atoms with E-state index in [1.807, 2.05) is 45.7 Å². The summed E-state index contributed by atoms with van der Waals surface area (Å²) in [6.07, 6.45) is 3.49. The van der Waals surface area contributed by atoms with E-state index in [1.165, 1.54) is 11.3 Å². The minimum atomic E-state index is 0.0474. The molecule has 1 saturated heterocycles. The number of likely N-dealkylation sites (tertiary alicyclic amines) is 1. The number of hydrogen-bond acceptors (Lipinski definition) is 5. The number of thiazole rings is 1. The lowest BCUT2D eigenvalue weighted by molar-refractivity contribution is -0.136. The van der Waals surface area contributed by atoms with Crippen molar-refractivity contribution >= 4 is 49.8 Å². The summed E-state index contributed by atoms with van der Waals surface area (Å²) in [7, 11) is 0. The first-order chi connectivity index (χ1) is 12.6. The molecule has 4 rings (SSSR count). The van der Waals surface area contributed by atoms with Crippen molar-refractivity contribution in [3.63, 3.8) is 0 Å². The quantitative estimate of drug-likeness (QED) is 0.687. The Morgan fingerprint density at radius 1 is 1.27 bits per heavy atom. The minimum absolute atomic E-state index is 0.0474. The van der Waals surface area contributed by atoms with E-state index < -0.39 is 0 Å². The molecule has 0 unspecified atom stereocenters. The number of piperidine rings is 1. The van der Waals surface area contributed by atoms with E-state index in [4.69, 9.17) is 0 Å². The largest absolute Gasteiger partial charge is 0.343 e. The highest BCUT2D eigenvalue weighted by molar-refractivity contribution is 7.21. The number of aromatic nitrogens is 2. The van der Waals surface area contributed by atoms with Crippen LogP contribution in [-0.2, 0) is 4.79 Å². The molecule has 3 aromatic rings. The summed E-state index contributed by atoms with van der Waals surface area (Å²) < 4.78 is 2.03. The summed E-state index contributed by atoms with van der Waals surface area (Å²) >= 11 is 3.05. The third kappa shape index (κ3) is 2.91. The van der Waals surface area contributed by atoms with Gasteiger partial charge in [-0.25, -0.2) is 4.98 Å². The molecular weight excluding hydrogens is 368 g/mol. The Kier molecular flexibility index (Phi) is 4.71. The molecule has 0 aliphatic carbocycles. The van der Waals surface area contributed by atoms with Crippen LogP contribution in [0.4, 0.5) is 0 Å². The van der Waals surface area contributed by atoms with Crippen LogP contribution < -0.4 is 0 Å². The number of imidazole rings is 1. The molecule has 4 heterocycles. The zero-order chi connectivity index (χ0) is 18.3. The van der Waals surface area contributed by atoms with Gasteiger partial charge in [-0.15, -0.1) is 22.7 Å². The number of carbonyl (C=O) groups is 2. The van der Waals surface area contributed by atoms with Gasteiger partial charge in [-0.1, -0.05) is 0 Å². The summed E-state index contributed by atoms with van der Waals surface area (Å²) in [5.41, 5.74) is 1.00. The third-order valence-corrected chi connectivity index (χ3v) is 6.92. The second-order valence-corrected chi connectivity index (χ2v) is 8.45. The Morgan fingerprint density at radius 3 is 2.69 bits per heavy atom. The molecule has 0 saturated carbocycles. The molecule has 6 nitrogen and oxygen atoms in total. The van der Waals surface area contributed by atoms with E-state index in [1.54, 1.807) is 11.3 Å². The Labute approximate surface area is 160 Å². The van der Waals surface area contributed by atoms with Gasteiger partial charge in [-0.3, -0.25) is 14.0 Å². The minimum Gasteiger partial charge on any atom is -0.343 e. The van der Waals surface area contributed by atoms with Crippen molar-refractivity contribution in [3.05, 3.63) is 22.5 Å². The van der Waals surface area contributed by atoms with Gasteiger partial charge in [0.1, 0.15) is 4.83 Å². The van der Waals surface area contributed by atoms with Crippen molar-refractivity contribution in [3.8, 4) is 0 Å². The van der Waals surface area contributed by atoms with Gasteiger partial charge in [0.2, 0.25) is 5.91 Å². The van der Waals surface area contributed by atoms with Crippen molar-refractivity contribution in [2.75, 3.05) is 26.2 Å². The number of amides is 2. The monoisotopic (exact) mass is 390 g/mol. The predicted molar refractivity (Wildman–Crippen MR) is 105 cm³/mol. The fraction of sp³-hybridized carbons (Fsp3) is 0.500. The van der Waals surface area contributed by atoms with E-state index in [9.17, 15) is 9.59 Å². The summed E-state index contributed by atoms with van der Waals surface area (Å²) in [6, 6.07) is 1.95. The van der Waals surface area contributed by atoms with Crippen molar-refractivity contribution < 1.29 is 9.59 Å². The lowest BCUT2D eigenvalue weighted by Gasteiger charge is -2.33. The maximum Gasteiger partial charge on any atom is 0.264 e. The highest BCUT2D eigenvalue weighted by Crippen LogP contribution is 2.30. The van der Waals surface area contributed by atoms with Gasteiger partial charge in [0.15, 0.2) is 4.96 Å². The summed E-state index contributed by atoms with van der Waals surface area (Å²) in [6.45, 7) is 6.82. The van der Waals surface area contributed by atoms with E-state index in [-0.39, 0.29) is 17.7 Å².